The fourth-order valence-electron chi connectivity index (χ4n) is 2.93. The predicted molar refractivity (Wildman–Crippen MR) is 118 cm³/mol. The standard InChI is InChI=1S/C22H30N2O6S/c1-4-30-14-8-13-23-22(25)19(15-17-9-6-5-7-10-17)24-31(26,27)18-11-12-20(28-2)21(16-18)29-3/h5-7,9-12,16,19,24H,4,8,13-15H2,1-3H3,(H,23,25). The molecule has 1 amide bonds. The Kier molecular flexibility index (Phi) is 9.77. The highest BCUT2D eigenvalue weighted by Gasteiger charge is 2.26. The van der Waals surface area contributed by atoms with Gasteiger partial charge in [0.25, 0.3) is 0 Å². The number of methoxy groups -OCH3 is 2. The smallest absolute Gasteiger partial charge is 0.241 e. The molecule has 0 heterocycles. The van der Waals surface area contributed by atoms with E-state index < -0.39 is 22.0 Å². The van der Waals surface area contributed by atoms with E-state index in [2.05, 4.69) is 10.0 Å². The van der Waals surface area contributed by atoms with Crippen LogP contribution in [0.25, 0.3) is 0 Å². The molecular formula is C22H30N2O6S. The van der Waals surface area contributed by atoms with Crippen molar-refractivity contribution in [1.82, 2.24) is 10.0 Å². The summed E-state index contributed by atoms with van der Waals surface area (Å²) >= 11 is 0. The fraction of sp³-hybridized carbons (Fsp3) is 0.409. The number of sulfonamides is 1. The zero-order valence-electron chi connectivity index (χ0n) is 18.1. The molecule has 9 heteroatoms. The monoisotopic (exact) mass is 450 g/mol. The minimum absolute atomic E-state index is 0.0210. The maximum Gasteiger partial charge on any atom is 0.241 e. The Hall–Kier alpha value is -2.62. The Bertz CT molecular complexity index is 934. The Morgan fingerprint density at radius 1 is 1.03 bits per heavy atom. The Labute approximate surface area is 184 Å². The number of carbonyl (C=O) groups is 1. The van der Waals surface area contributed by atoms with Gasteiger partial charge in [-0.2, -0.15) is 4.72 Å². The molecule has 2 rings (SSSR count). The molecule has 0 aliphatic carbocycles. The molecule has 2 N–H and O–H groups in total. The van der Waals surface area contributed by atoms with E-state index in [9.17, 15) is 13.2 Å². The third-order valence-corrected chi connectivity index (χ3v) is 6.00. The molecular weight excluding hydrogens is 420 g/mol. The first-order valence-electron chi connectivity index (χ1n) is 10.0. The van der Waals surface area contributed by atoms with Gasteiger partial charge in [0.15, 0.2) is 11.5 Å². The van der Waals surface area contributed by atoms with E-state index in [-0.39, 0.29) is 17.1 Å². The highest BCUT2D eigenvalue weighted by Crippen LogP contribution is 2.29. The maximum absolute atomic E-state index is 13.0. The number of benzene rings is 2. The average molecular weight is 451 g/mol. The van der Waals surface area contributed by atoms with Crippen LogP contribution in [-0.2, 0) is 26.0 Å². The summed E-state index contributed by atoms with van der Waals surface area (Å²) in [6.07, 6.45) is 0.852. The van der Waals surface area contributed by atoms with Crippen LogP contribution >= 0.6 is 0 Å². The van der Waals surface area contributed by atoms with Gasteiger partial charge in [-0.25, -0.2) is 8.42 Å². The third-order valence-electron chi connectivity index (χ3n) is 4.53. The van der Waals surface area contributed by atoms with Crippen molar-refractivity contribution in [2.24, 2.45) is 0 Å². The number of nitrogens with one attached hydrogen (secondary N) is 2. The first kappa shape index (κ1) is 24.6. The third kappa shape index (κ3) is 7.54. The van der Waals surface area contributed by atoms with Gasteiger partial charge in [-0.05, 0) is 37.5 Å². The number of hydrogen-bond donors (Lipinski definition) is 2. The van der Waals surface area contributed by atoms with Gasteiger partial charge in [0.05, 0.1) is 19.1 Å². The van der Waals surface area contributed by atoms with Crippen molar-refractivity contribution in [3.8, 4) is 11.5 Å². The molecule has 0 saturated heterocycles. The molecule has 31 heavy (non-hydrogen) atoms. The highest BCUT2D eigenvalue weighted by molar-refractivity contribution is 7.89. The van der Waals surface area contributed by atoms with Crippen molar-refractivity contribution >= 4 is 15.9 Å². The molecule has 0 aliphatic rings. The van der Waals surface area contributed by atoms with Crippen LogP contribution < -0.4 is 19.5 Å². The minimum Gasteiger partial charge on any atom is -0.493 e. The summed E-state index contributed by atoms with van der Waals surface area (Å²) in [5, 5.41) is 2.79. The Balaban J connectivity index is 2.19. The molecule has 0 spiro atoms. The lowest BCUT2D eigenvalue weighted by molar-refractivity contribution is -0.122. The highest BCUT2D eigenvalue weighted by atomic mass is 32.2. The van der Waals surface area contributed by atoms with Crippen molar-refractivity contribution in [1.29, 1.82) is 0 Å². The van der Waals surface area contributed by atoms with Gasteiger partial charge in [0, 0.05) is 25.8 Å². The van der Waals surface area contributed by atoms with Gasteiger partial charge in [-0.1, -0.05) is 30.3 Å². The normalized spacial score (nSPS) is 12.2. The number of amides is 1. The van der Waals surface area contributed by atoms with E-state index in [1.807, 2.05) is 37.3 Å². The molecule has 0 aromatic heterocycles. The van der Waals surface area contributed by atoms with Crippen LogP contribution in [0, 0.1) is 0 Å². The van der Waals surface area contributed by atoms with E-state index in [1.54, 1.807) is 0 Å². The van der Waals surface area contributed by atoms with Crippen molar-refractivity contribution in [2.45, 2.75) is 30.7 Å². The lowest BCUT2D eigenvalue weighted by Crippen LogP contribution is -2.48. The minimum atomic E-state index is -3.99. The quantitative estimate of drug-likeness (QED) is 0.453. The molecule has 0 bridgehead atoms. The van der Waals surface area contributed by atoms with E-state index in [0.29, 0.717) is 31.9 Å². The Morgan fingerprint density at radius 3 is 2.39 bits per heavy atom. The van der Waals surface area contributed by atoms with Crippen LogP contribution in [0.15, 0.2) is 53.4 Å². The molecule has 2 aromatic rings. The maximum atomic E-state index is 13.0. The van der Waals surface area contributed by atoms with Gasteiger partial charge in [0.1, 0.15) is 6.04 Å². The molecule has 0 radical (unpaired) electrons. The molecule has 170 valence electrons. The summed E-state index contributed by atoms with van der Waals surface area (Å²) in [7, 11) is -1.10. The van der Waals surface area contributed by atoms with E-state index >= 15 is 0 Å². The van der Waals surface area contributed by atoms with Gasteiger partial charge < -0.3 is 19.5 Å². The summed E-state index contributed by atoms with van der Waals surface area (Å²) in [6, 6.07) is 12.5. The van der Waals surface area contributed by atoms with Crippen molar-refractivity contribution < 1.29 is 27.4 Å². The Morgan fingerprint density at radius 2 is 1.74 bits per heavy atom. The van der Waals surface area contributed by atoms with E-state index in [0.717, 1.165) is 5.56 Å². The first-order chi connectivity index (χ1) is 14.9. The van der Waals surface area contributed by atoms with Gasteiger partial charge in [-0.3, -0.25) is 4.79 Å². The number of rotatable bonds is 13. The topological polar surface area (TPSA) is 103 Å². The second-order valence-corrected chi connectivity index (χ2v) is 8.44. The lowest BCUT2D eigenvalue weighted by Gasteiger charge is -2.19. The first-order valence-corrected chi connectivity index (χ1v) is 11.5. The average Bonchev–Trinajstić information content (AvgIpc) is 2.78. The van der Waals surface area contributed by atoms with Crippen LogP contribution in [0.2, 0.25) is 0 Å². The fourth-order valence-corrected chi connectivity index (χ4v) is 4.14. The van der Waals surface area contributed by atoms with Crippen LogP contribution in [-0.4, -0.2) is 54.3 Å². The van der Waals surface area contributed by atoms with Crippen LogP contribution in [0.3, 0.4) is 0 Å². The molecule has 0 aliphatic heterocycles. The molecule has 0 saturated carbocycles. The summed E-state index contributed by atoms with van der Waals surface area (Å²) in [5.74, 6) is 0.295. The lowest BCUT2D eigenvalue weighted by atomic mass is 10.1. The largest absolute Gasteiger partial charge is 0.493 e. The second-order valence-electron chi connectivity index (χ2n) is 6.72. The number of hydrogen-bond acceptors (Lipinski definition) is 6. The zero-order chi connectivity index (χ0) is 22.7. The molecule has 2 aromatic carbocycles. The molecule has 0 fully saturated rings. The van der Waals surface area contributed by atoms with Gasteiger partial charge in [0.2, 0.25) is 15.9 Å². The molecule has 1 unspecified atom stereocenters. The second kappa shape index (κ2) is 12.3. The summed E-state index contributed by atoms with van der Waals surface area (Å²) in [6.45, 7) is 3.42. The van der Waals surface area contributed by atoms with Crippen molar-refractivity contribution in [2.75, 3.05) is 34.0 Å². The predicted octanol–water partition coefficient (Wildman–Crippen LogP) is 2.14. The van der Waals surface area contributed by atoms with Crippen molar-refractivity contribution in [3.63, 3.8) is 0 Å². The molecule has 1 atom stereocenters. The van der Waals surface area contributed by atoms with Gasteiger partial charge >= 0.3 is 0 Å². The van der Waals surface area contributed by atoms with E-state index in [4.69, 9.17) is 14.2 Å². The van der Waals surface area contributed by atoms with Crippen molar-refractivity contribution in [3.05, 3.63) is 54.1 Å². The number of ether oxygens (including phenoxy) is 3. The van der Waals surface area contributed by atoms with Gasteiger partial charge in [-0.15, -0.1) is 0 Å². The SMILES string of the molecule is CCOCCCNC(=O)C(Cc1ccccc1)NS(=O)(=O)c1ccc(OC)c(OC)c1. The summed E-state index contributed by atoms with van der Waals surface area (Å²) in [4.78, 5) is 12.8. The number of carbonyl (C=O) groups excluding carboxylic acids is 1. The molecule has 8 nitrogen and oxygen atoms in total. The van der Waals surface area contributed by atoms with Crippen LogP contribution in [0.4, 0.5) is 0 Å². The summed E-state index contributed by atoms with van der Waals surface area (Å²) in [5.41, 5.74) is 0.840. The summed E-state index contributed by atoms with van der Waals surface area (Å²) < 4.78 is 44.2. The zero-order valence-corrected chi connectivity index (χ0v) is 18.9. The van der Waals surface area contributed by atoms with E-state index in [1.165, 1.54) is 32.4 Å². The van der Waals surface area contributed by atoms with Crippen LogP contribution in [0.5, 0.6) is 11.5 Å². The van der Waals surface area contributed by atoms with Crippen LogP contribution in [0.1, 0.15) is 18.9 Å².